The van der Waals surface area contributed by atoms with Gasteiger partial charge in [-0.2, -0.15) is 9.61 Å². The Bertz CT molecular complexity index is 631. The predicted molar refractivity (Wildman–Crippen MR) is 78.5 cm³/mol. The molecular formula is C13H18ClN5O. The summed E-state index contributed by atoms with van der Waals surface area (Å²) in [6.45, 7) is 0.747. The van der Waals surface area contributed by atoms with Crippen molar-refractivity contribution in [3.8, 4) is 0 Å². The van der Waals surface area contributed by atoms with Gasteiger partial charge in [-0.25, -0.2) is 9.89 Å². The van der Waals surface area contributed by atoms with E-state index in [1.54, 1.807) is 0 Å². The number of hydrogen-bond donors (Lipinski definition) is 1. The molecule has 0 unspecified atom stereocenters. The van der Waals surface area contributed by atoms with Crippen LogP contribution in [-0.4, -0.2) is 38.3 Å². The average molecular weight is 296 g/mol. The largest absolute Gasteiger partial charge is 0.364 e. The molecule has 2 heterocycles. The van der Waals surface area contributed by atoms with E-state index in [0.29, 0.717) is 17.6 Å². The van der Waals surface area contributed by atoms with Gasteiger partial charge in [-0.1, -0.05) is 19.3 Å². The van der Waals surface area contributed by atoms with Gasteiger partial charge in [-0.15, -0.1) is 16.7 Å². The fourth-order valence-electron chi connectivity index (χ4n) is 2.91. The van der Waals surface area contributed by atoms with E-state index in [9.17, 15) is 4.79 Å². The van der Waals surface area contributed by atoms with Crippen LogP contribution in [0.2, 0.25) is 0 Å². The highest BCUT2D eigenvalue weighted by Crippen LogP contribution is 2.26. The molecule has 108 valence electrons. The zero-order valence-electron chi connectivity index (χ0n) is 11.3. The second-order valence-corrected chi connectivity index (χ2v) is 5.54. The fourth-order valence-corrected chi connectivity index (χ4v) is 3.10. The highest BCUT2D eigenvalue weighted by molar-refractivity contribution is 6.18. The Hall–Kier alpha value is -1.56. The number of fused-ring (bicyclic) bond motifs is 1. The third-order valence-electron chi connectivity index (χ3n) is 3.89. The third-order valence-corrected chi connectivity index (χ3v) is 4.06. The van der Waals surface area contributed by atoms with Gasteiger partial charge in [0.2, 0.25) is 0 Å². The van der Waals surface area contributed by atoms with Crippen molar-refractivity contribution in [1.82, 2.24) is 19.8 Å². The molecule has 1 N–H and O–H groups in total. The molecule has 20 heavy (non-hydrogen) atoms. The van der Waals surface area contributed by atoms with Crippen molar-refractivity contribution in [2.75, 3.05) is 17.3 Å². The van der Waals surface area contributed by atoms with Gasteiger partial charge in [0, 0.05) is 18.5 Å². The van der Waals surface area contributed by atoms with Gasteiger partial charge in [0.15, 0.2) is 5.65 Å². The Morgan fingerprint density at radius 2 is 2.15 bits per heavy atom. The van der Waals surface area contributed by atoms with Crippen LogP contribution in [0.4, 0.5) is 5.82 Å². The van der Waals surface area contributed by atoms with Gasteiger partial charge in [0.05, 0.1) is 0 Å². The fraction of sp³-hybridized carbons (Fsp3) is 0.615. The second-order valence-electron chi connectivity index (χ2n) is 5.16. The minimum absolute atomic E-state index is 0.309. The van der Waals surface area contributed by atoms with Gasteiger partial charge in [-0.3, -0.25) is 0 Å². The molecule has 2 aromatic heterocycles. The topological polar surface area (TPSA) is 66.3 Å². The molecule has 0 saturated heterocycles. The summed E-state index contributed by atoms with van der Waals surface area (Å²) >= 11 is 5.94. The normalized spacial score (nSPS) is 16.6. The molecule has 0 radical (unpaired) electrons. The summed E-state index contributed by atoms with van der Waals surface area (Å²) in [6, 6.07) is 4.19. The number of halogens is 1. The monoisotopic (exact) mass is 295 g/mol. The number of anilines is 1. The number of aromatic nitrogens is 4. The van der Waals surface area contributed by atoms with Crippen LogP contribution in [-0.2, 0) is 0 Å². The van der Waals surface area contributed by atoms with Crippen LogP contribution in [0.15, 0.2) is 16.9 Å². The first-order valence-corrected chi connectivity index (χ1v) is 7.60. The molecule has 1 aliphatic rings. The third kappa shape index (κ3) is 2.52. The molecule has 7 heteroatoms. The van der Waals surface area contributed by atoms with Crippen LogP contribution in [0.25, 0.3) is 5.65 Å². The maximum Gasteiger partial charge on any atom is 0.364 e. The molecule has 1 saturated carbocycles. The van der Waals surface area contributed by atoms with Crippen molar-refractivity contribution >= 4 is 23.1 Å². The standard InChI is InChI=1S/C13H18ClN5O/c14-8-9-18(10-4-2-1-3-5-10)12-7-6-11-15-16-13(20)19(11)17-12/h6-7,10H,1-5,8-9H2,(H,16,20). The SMILES string of the molecule is O=c1[nH]nc2ccc(N(CCCl)C3CCCCC3)nn12. The lowest BCUT2D eigenvalue weighted by molar-refractivity contribution is 0.415. The number of rotatable bonds is 4. The Kier molecular flexibility index (Phi) is 3.91. The van der Waals surface area contributed by atoms with E-state index in [2.05, 4.69) is 20.2 Å². The molecule has 0 atom stereocenters. The summed E-state index contributed by atoms with van der Waals surface area (Å²) in [4.78, 5) is 13.9. The summed E-state index contributed by atoms with van der Waals surface area (Å²) in [7, 11) is 0. The van der Waals surface area contributed by atoms with E-state index >= 15 is 0 Å². The highest BCUT2D eigenvalue weighted by atomic mass is 35.5. The molecule has 3 rings (SSSR count). The van der Waals surface area contributed by atoms with Crippen LogP contribution in [0.5, 0.6) is 0 Å². The zero-order chi connectivity index (χ0) is 13.9. The van der Waals surface area contributed by atoms with Gasteiger partial charge in [-0.05, 0) is 25.0 Å². The van der Waals surface area contributed by atoms with Crippen molar-refractivity contribution < 1.29 is 0 Å². The van der Waals surface area contributed by atoms with E-state index in [1.165, 1.54) is 23.8 Å². The number of hydrogen-bond acceptors (Lipinski definition) is 4. The lowest BCUT2D eigenvalue weighted by Gasteiger charge is -2.34. The minimum atomic E-state index is -0.309. The van der Waals surface area contributed by atoms with Gasteiger partial charge in [0.25, 0.3) is 0 Å². The number of alkyl halides is 1. The Morgan fingerprint density at radius 3 is 2.90 bits per heavy atom. The first-order chi connectivity index (χ1) is 9.79. The van der Waals surface area contributed by atoms with Gasteiger partial charge in [0.1, 0.15) is 5.82 Å². The van der Waals surface area contributed by atoms with E-state index in [4.69, 9.17) is 11.6 Å². The van der Waals surface area contributed by atoms with E-state index < -0.39 is 0 Å². The maximum absolute atomic E-state index is 11.6. The first-order valence-electron chi connectivity index (χ1n) is 7.06. The number of H-pyrrole nitrogens is 1. The molecule has 1 aliphatic carbocycles. The molecule has 0 aromatic carbocycles. The maximum atomic E-state index is 11.6. The van der Waals surface area contributed by atoms with Crippen LogP contribution in [0.1, 0.15) is 32.1 Å². The van der Waals surface area contributed by atoms with Crippen LogP contribution < -0.4 is 10.6 Å². The summed E-state index contributed by atoms with van der Waals surface area (Å²) < 4.78 is 1.30. The molecule has 2 aromatic rings. The van der Waals surface area contributed by atoms with Crippen molar-refractivity contribution in [2.45, 2.75) is 38.1 Å². The Morgan fingerprint density at radius 1 is 1.35 bits per heavy atom. The van der Waals surface area contributed by atoms with Gasteiger partial charge >= 0.3 is 5.69 Å². The lowest BCUT2D eigenvalue weighted by Crippen LogP contribution is -2.39. The molecule has 1 fully saturated rings. The van der Waals surface area contributed by atoms with E-state index in [1.807, 2.05) is 12.1 Å². The minimum Gasteiger partial charge on any atom is -0.351 e. The van der Waals surface area contributed by atoms with Crippen LogP contribution in [0, 0.1) is 0 Å². The number of aromatic amines is 1. The first kappa shape index (κ1) is 13.4. The summed E-state index contributed by atoms with van der Waals surface area (Å²) in [5.41, 5.74) is 0.226. The number of nitrogens with one attached hydrogen (secondary N) is 1. The molecular weight excluding hydrogens is 278 g/mol. The molecule has 0 aliphatic heterocycles. The van der Waals surface area contributed by atoms with E-state index in [-0.39, 0.29) is 5.69 Å². The summed E-state index contributed by atoms with van der Waals surface area (Å²) in [5.74, 6) is 1.35. The predicted octanol–water partition coefficient (Wildman–Crippen LogP) is 1.80. The average Bonchev–Trinajstić information content (AvgIpc) is 2.87. The number of nitrogens with zero attached hydrogens (tertiary/aromatic N) is 4. The quantitative estimate of drug-likeness (QED) is 0.874. The summed E-state index contributed by atoms with van der Waals surface area (Å²) in [5, 5.41) is 10.7. The van der Waals surface area contributed by atoms with Crippen LogP contribution >= 0.6 is 11.6 Å². The molecule has 0 bridgehead atoms. The van der Waals surface area contributed by atoms with Crippen molar-refractivity contribution in [3.63, 3.8) is 0 Å². The zero-order valence-corrected chi connectivity index (χ0v) is 12.0. The second kappa shape index (κ2) is 5.83. The molecule has 0 spiro atoms. The smallest absolute Gasteiger partial charge is 0.351 e. The van der Waals surface area contributed by atoms with Crippen molar-refractivity contribution in [2.24, 2.45) is 0 Å². The summed E-state index contributed by atoms with van der Waals surface area (Å²) in [6.07, 6.45) is 6.13. The van der Waals surface area contributed by atoms with Crippen molar-refractivity contribution in [1.29, 1.82) is 0 Å². The highest BCUT2D eigenvalue weighted by Gasteiger charge is 2.22. The van der Waals surface area contributed by atoms with Crippen LogP contribution in [0.3, 0.4) is 0 Å². The van der Waals surface area contributed by atoms with Gasteiger partial charge < -0.3 is 4.90 Å². The molecule has 0 amide bonds. The lowest BCUT2D eigenvalue weighted by atomic mass is 9.94. The van der Waals surface area contributed by atoms with Crippen molar-refractivity contribution in [3.05, 3.63) is 22.6 Å². The van der Waals surface area contributed by atoms with E-state index in [0.717, 1.165) is 25.2 Å². The Balaban J connectivity index is 1.95. The molecule has 6 nitrogen and oxygen atoms in total. The Labute approximate surface area is 121 Å².